The minimum absolute atomic E-state index is 0.0223. The molecule has 0 unspecified atom stereocenters. The summed E-state index contributed by atoms with van der Waals surface area (Å²) in [6, 6.07) is 12.2. The number of thiazole rings is 1. The highest BCUT2D eigenvalue weighted by Crippen LogP contribution is 2.44. The summed E-state index contributed by atoms with van der Waals surface area (Å²) in [5.74, 6) is -0.0166. The summed E-state index contributed by atoms with van der Waals surface area (Å²) in [6.45, 7) is 3.69. The standard InChI is InChI=1S/C22H19N3O3S3/c1-11-18(21(26)27-3)19(14(9-23)20(24)28-11)17-8-13(12(2)30-17)10-29-22-25-15-6-4-5-7-16(15)31-22/h4-8,19H,10,24H2,1-3H3/t19-/m1/s1. The van der Waals surface area contributed by atoms with Crippen molar-refractivity contribution in [2.24, 2.45) is 5.73 Å². The van der Waals surface area contributed by atoms with Crippen molar-refractivity contribution in [3.63, 3.8) is 0 Å². The number of aryl methyl sites for hydroxylation is 1. The summed E-state index contributed by atoms with van der Waals surface area (Å²) in [6.07, 6.45) is 0. The van der Waals surface area contributed by atoms with Gasteiger partial charge in [0.25, 0.3) is 0 Å². The Morgan fingerprint density at radius 2 is 2.13 bits per heavy atom. The van der Waals surface area contributed by atoms with Gasteiger partial charge in [0.05, 0.1) is 28.8 Å². The molecule has 6 nitrogen and oxygen atoms in total. The highest BCUT2D eigenvalue weighted by Gasteiger charge is 2.37. The zero-order valence-corrected chi connectivity index (χ0v) is 19.5. The van der Waals surface area contributed by atoms with Crippen molar-refractivity contribution in [3.05, 3.63) is 68.4 Å². The molecule has 0 bridgehead atoms. The molecule has 9 heteroatoms. The van der Waals surface area contributed by atoms with E-state index >= 15 is 0 Å². The Balaban J connectivity index is 1.65. The first kappa shape index (κ1) is 21.4. The first-order chi connectivity index (χ1) is 14.9. The van der Waals surface area contributed by atoms with Crippen LogP contribution in [-0.2, 0) is 20.0 Å². The van der Waals surface area contributed by atoms with E-state index in [1.807, 2.05) is 31.2 Å². The first-order valence-corrected chi connectivity index (χ1v) is 12.0. The lowest BCUT2D eigenvalue weighted by Crippen LogP contribution is -2.24. The van der Waals surface area contributed by atoms with E-state index in [1.54, 1.807) is 41.4 Å². The zero-order chi connectivity index (χ0) is 22.1. The smallest absolute Gasteiger partial charge is 0.338 e. The molecule has 1 aliphatic heterocycles. The van der Waals surface area contributed by atoms with Gasteiger partial charge in [-0.15, -0.1) is 22.7 Å². The molecule has 0 saturated carbocycles. The Labute approximate surface area is 192 Å². The fraction of sp³-hybridized carbons (Fsp3) is 0.227. The molecule has 31 heavy (non-hydrogen) atoms. The Bertz CT molecular complexity index is 1250. The number of benzene rings is 1. The Morgan fingerprint density at radius 3 is 2.84 bits per heavy atom. The molecule has 1 aliphatic rings. The van der Waals surface area contributed by atoms with E-state index in [0.717, 1.165) is 35.6 Å². The second-order valence-corrected chi connectivity index (χ2v) is 10.4. The fourth-order valence-corrected chi connectivity index (χ4v) is 6.81. The highest BCUT2D eigenvalue weighted by atomic mass is 32.2. The van der Waals surface area contributed by atoms with Gasteiger partial charge in [-0.05, 0) is 37.6 Å². The van der Waals surface area contributed by atoms with Crippen LogP contribution in [0.25, 0.3) is 10.2 Å². The largest absolute Gasteiger partial charge is 0.466 e. The number of fused-ring (bicyclic) bond motifs is 1. The summed E-state index contributed by atoms with van der Waals surface area (Å²) in [4.78, 5) is 19.1. The number of allylic oxidation sites excluding steroid dienone is 2. The number of methoxy groups -OCH3 is 1. The normalized spacial score (nSPS) is 16.4. The number of thioether (sulfide) groups is 1. The van der Waals surface area contributed by atoms with Crippen LogP contribution in [0, 0.1) is 18.3 Å². The van der Waals surface area contributed by atoms with Crippen LogP contribution >= 0.6 is 34.4 Å². The molecule has 0 radical (unpaired) electrons. The van der Waals surface area contributed by atoms with Crippen molar-refractivity contribution < 1.29 is 14.3 Å². The number of thiophene rings is 1. The van der Waals surface area contributed by atoms with Crippen molar-refractivity contribution >= 4 is 50.6 Å². The topological polar surface area (TPSA) is 98.2 Å². The van der Waals surface area contributed by atoms with Crippen molar-refractivity contribution in [2.75, 3.05) is 7.11 Å². The Kier molecular flexibility index (Phi) is 6.05. The molecule has 2 aromatic heterocycles. The molecule has 3 aromatic rings. The molecule has 0 aliphatic carbocycles. The zero-order valence-electron chi connectivity index (χ0n) is 17.1. The maximum atomic E-state index is 12.5. The van der Waals surface area contributed by atoms with E-state index in [4.69, 9.17) is 15.2 Å². The van der Waals surface area contributed by atoms with E-state index in [9.17, 15) is 10.1 Å². The predicted molar refractivity (Wildman–Crippen MR) is 124 cm³/mol. The molecular weight excluding hydrogens is 450 g/mol. The van der Waals surface area contributed by atoms with E-state index in [-0.39, 0.29) is 11.5 Å². The average Bonchev–Trinajstić information content (AvgIpc) is 3.33. The predicted octanol–water partition coefficient (Wildman–Crippen LogP) is 5.21. The second kappa shape index (κ2) is 8.75. The first-order valence-electron chi connectivity index (χ1n) is 9.37. The van der Waals surface area contributed by atoms with Gasteiger partial charge in [0.15, 0.2) is 4.34 Å². The number of aromatic nitrogens is 1. The summed E-state index contributed by atoms with van der Waals surface area (Å²) in [5, 5.41) is 9.70. The van der Waals surface area contributed by atoms with Crippen LogP contribution in [0.3, 0.4) is 0 Å². The van der Waals surface area contributed by atoms with Crippen LogP contribution in [0.4, 0.5) is 0 Å². The van der Waals surface area contributed by atoms with Gasteiger partial charge in [-0.25, -0.2) is 9.78 Å². The molecule has 3 heterocycles. The number of hydrogen-bond acceptors (Lipinski definition) is 9. The maximum absolute atomic E-state index is 12.5. The fourth-order valence-electron chi connectivity index (χ4n) is 3.42. The van der Waals surface area contributed by atoms with Gasteiger partial charge in [-0.1, -0.05) is 23.9 Å². The van der Waals surface area contributed by atoms with Gasteiger partial charge in [0.2, 0.25) is 5.88 Å². The summed E-state index contributed by atoms with van der Waals surface area (Å²) >= 11 is 4.90. The number of rotatable bonds is 5. The number of para-hydroxylation sites is 1. The summed E-state index contributed by atoms with van der Waals surface area (Å²) < 4.78 is 12.6. The Morgan fingerprint density at radius 1 is 1.35 bits per heavy atom. The molecule has 4 rings (SSSR count). The number of carbonyl (C=O) groups is 1. The van der Waals surface area contributed by atoms with Crippen molar-refractivity contribution in [2.45, 2.75) is 29.9 Å². The number of ether oxygens (including phenoxy) is 2. The van der Waals surface area contributed by atoms with E-state index in [1.165, 1.54) is 7.11 Å². The minimum atomic E-state index is -0.601. The van der Waals surface area contributed by atoms with Crippen LogP contribution in [0.2, 0.25) is 0 Å². The lowest BCUT2D eigenvalue weighted by Gasteiger charge is -2.25. The molecule has 158 valence electrons. The summed E-state index contributed by atoms with van der Waals surface area (Å²) in [5.41, 5.74) is 8.63. The number of carbonyl (C=O) groups excluding carboxylic acids is 1. The lowest BCUT2D eigenvalue weighted by molar-refractivity contribution is -0.136. The Hall–Kier alpha value is -2.80. The number of nitriles is 1. The van der Waals surface area contributed by atoms with Gasteiger partial charge >= 0.3 is 5.97 Å². The van der Waals surface area contributed by atoms with Gasteiger partial charge < -0.3 is 15.2 Å². The lowest BCUT2D eigenvalue weighted by atomic mass is 9.87. The van der Waals surface area contributed by atoms with Gasteiger partial charge in [-0.3, -0.25) is 0 Å². The average molecular weight is 470 g/mol. The number of hydrogen-bond donors (Lipinski definition) is 1. The molecule has 1 aromatic carbocycles. The third kappa shape index (κ3) is 4.06. The van der Waals surface area contributed by atoms with Crippen molar-refractivity contribution in [1.29, 1.82) is 5.26 Å². The maximum Gasteiger partial charge on any atom is 0.338 e. The van der Waals surface area contributed by atoms with Crippen molar-refractivity contribution in [1.82, 2.24) is 4.98 Å². The van der Waals surface area contributed by atoms with Crippen LogP contribution in [0.5, 0.6) is 0 Å². The molecule has 2 N–H and O–H groups in total. The van der Waals surface area contributed by atoms with Gasteiger partial charge in [0, 0.05) is 15.5 Å². The van der Waals surface area contributed by atoms with Crippen LogP contribution < -0.4 is 5.73 Å². The number of nitrogens with two attached hydrogens (primary N) is 1. The van der Waals surface area contributed by atoms with E-state index in [2.05, 4.69) is 17.1 Å². The van der Waals surface area contributed by atoms with Crippen molar-refractivity contribution in [3.8, 4) is 6.07 Å². The van der Waals surface area contributed by atoms with E-state index < -0.39 is 11.9 Å². The molecule has 0 fully saturated rings. The monoisotopic (exact) mass is 469 g/mol. The number of nitrogens with zero attached hydrogens (tertiary/aromatic N) is 2. The minimum Gasteiger partial charge on any atom is -0.466 e. The number of esters is 1. The van der Waals surface area contributed by atoms with Crippen LogP contribution in [-0.4, -0.2) is 18.1 Å². The summed E-state index contributed by atoms with van der Waals surface area (Å²) in [7, 11) is 1.31. The molecule has 0 amide bonds. The third-order valence-corrected chi connectivity index (χ3v) is 8.35. The third-order valence-electron chi connectivity index (χ3n) is 4.96. The molecule has 0 spiro atoms. The molecular formula is C22H19N3O3S3. The van der Waals surface area contributed by atoms with Gasteiger partial charge in [-0.2, -0.15) is 5.26 Å². The van der Waals surface area contributed by atoms with Gasteiger partial charge in [0.1, 0.15) is 17.4 Å². The highest BCUT2D eigenvalue weighted by molar-refractivity contribution is 8.00. The SMILES string of the molecule is COC(=O)C1=C(C)OC(N)=C(C#N)[C@@H]1c1cc(CSc2nc3ccccc3s2)c(C)s1. The molecule has 0 saturated heterocycles. The van der Waals surface area contributed by atoms with Crippen LogP contribution in [0.15, 0.2) is 57.5 Å². The van der Waals surface area contributed by atoms with E-state index in [0.29, 0.717) is 11.3 Å². The van der Waals surface area contributed by atoms with Crippen LogP contribution in [0.1, 0.15) is 28.2 Å². The second-order valence-electron chi connectivity index (χ2n) is 6.85. The molecule has 1 atom stereocenters. The quantitative estimate of drug-likeness (QED) is 0.404.